The van der Waals surface area contributed by atoms with E-state index in [0.717, 1.165) is 5.56 Å². The van der Waals surface area contributed by atoms with Crippen LogP contribution < -0.4 is 10.1 Å². The zero-order valence-electron chi connectivity index (χ0n) is 14.7. The summed E-state index contributed by atoms with van der Waals surface area (Å²) in [5.74, 6) is 0.561. The topological polar surface area (TPSA) is 62.1 Å². The maximum atomic E-state index is 12.4. The normalized spacial score (nSPS) is 11.1. The van der Waals surface area contributed by atoms with E-state index < -0.39 is 5.91 Å². The highest BCUT2D eigenvalue weighted by atomic mass is 16.5. The lowest BCUT2D eigenvalue weighted by atomic mass is 10.0. The number of nitrogens with zero attached hydrogens (tertiary/aromatic N) is 1. The van der Waals surface area contributed by atoms with E-state index in [-0.39, 0.29) is 5.57 Å². The summed E-state index contributed by atoms with van der Waals surface area (Å²) >= 11 is 0. The lowest BCUT2D eigenvalue weighted by Crippen LogP contribution is -2.14. The number of carbonyl (C=O) groups excluding carboxylic acids is 1. The first kappa shape index (κ1) is 18.3. The largest absolute Gasteiger partial charge is 0.492 e. The quantitative estimate of drug-likeness (QED) is 0.612. The summed E-state index contributed by atoms with van der Waals surface area (Å²) in [6.07, 6.45) is 1.59. The van der Waals surface area contributed by atoms with Gasteiger partial charge >= 0.3 is 0 Å². The van der Waals surface area contributed by atoms with Crippen molar-refractivity contribution in [2.75, 3.05) is 11.9 Å². The fourth-order valence-electron chi connectivity index (χ4n) is 2.33. The molecule has 25 heavy (non-hydrogen) atoms. The van der Waals surface area contributed by atoms with Gasteiger partial charge in [0.25, 0.3) is 5.91 Å². The third-order valence-corrected chi connectivity index (χ3v) is 3.71. The smallest absolute Gasteiger partial charge is 0.266 e. The summed E-state index contributed by atoms with van der Waals surface area (Å²) in [6, 6.07) is 17.0. The molecule has 0 heterocycles. The van der Waals surface area contributed by atoms with E-state index in [9.17, 15) is 10.1 Å². The van der Waals surface area contributed by atoms with E-state index in [2.05, 4.69) is 19.2 Å². The molecular weight excluding hydrogens is 312 g/mol. The van der Waals surface area contributed by atoms with Crippen molar-refractivity contribution in [3.8, 4) is 11.8 Å². The monoisotopic (exact) mass is 334 g/mol. The van der Waals surface area contributed by atoms with Crippen molar-refractivity contribution in [2.24, 2.45) is 0 Å². The molecule has 0 spiro atoms. The Morgan fingerprint density at radius 3 is 2.48 bits per heavy atom. The maximum Gasteiger partial charge on any atom is 0.266 e. The second-order valence-electron chi connectivity index (χ2n) is 5.87. The first-order chi connectivity index (χ1) is 12.0. The van der Waals surface area contributed by atoms with Crippen LogP contribution in [0.25, 0.3) is 6.08 Å². The van der Waals surface area contributed by atoms with Gasteiger partial charge in [-0.2, -0.15) is 5.26 Å². The van der Waals surface area contributed by atoms with Crippen molar-refractivity contribution in [3.05, 3.63) is 65.2 Å². The molecule has 0 bridgehead atoms. The molecule has 0 radical (unpaired) electrons. The van der Waals surface area contributed by atoms with Crippen LogP contribution >= 0.6 is 0 Å². The van der Waals surface area contributed by atoms with E-state index in [4.69, 9.17) is 4.74 Å². The van der Waals surface area contributed by atoms with E-state index in [1.807, 2.05) is 43.3 Å². The summed E-state index contributed by atoms with van der Waals surface area (Å²) in [7, 11) is 0. The molecule has 2 aromatic rings. The minimum atomic E-state index is -0.456. The van der Waals surface area contributed by atoms with Gasteiger partial charge in [-0.25, -0.2) is 0 Å². The number of hydrogen-bond acceptors (Lipinski definition) is 3. The molecule has 128 valence electrons. The van der Waals surface area contributed by atoms with Crippen molar-refractivity contribution in [3.63, 3.8) is 0 Å². The predicted octanol–water partition coefficient (Wildman–Crippen LogP) is 4.75. The standard InChI is InChI=1S/C21H22N2O2/c1-4-25-20-8-6-5-7-19(20)23-21(24)18(14-22)13-16-9-11-17(12-10-16)15(2)3/h5-13,15H,4H2,1-3H3,(H,23,24)/b18-13+. The third kappa shape index (κ3) is 4.95. The van der Waals surface area contributed by atoms with Gasteiger partial charge in [-0.15, -0.1) is 0 Å². The second kappa shape index (κ2) is 8.70. The van der Waals surface area contributed by atoms with Gasteiger partial charge in [-0.1, -0.05) is 50.2 Å². The molecule has 0 atom stereocenters. The van der Waals surface area contributed by atoms with Crippen LogP contribution in [0.2, 0.25) is 0 Å². The van der Waals surface area contributed by atoms with Crippen LogP contribution in [-0.2, 0) is 4.79 Å². The number of nitriles is 1. The minimum absolute atomic E-state index is 0.0450. The van der Waals surface area contributed by atoms with Gasteiger partial charge in [0.05, 0.1) is 12.3 Å². The fourth-order valence-corrected chi connectivity index (χ4v) is 2.33. The number of hydrogen-bond donors (Lipinski definition) is 1. The average Bonchev–Trinajstić information content (AvgIpc) is 2.61. The van der Waals surface area contributed by atoms with E-state index in [1.54, 1.807) is 24.3 Å². The van der Waals surface area contributed by atoms with Crippen molar-refractivity contribution in [1.29, 1.82) is 5.26 Å². The average molecular weight is 334 g/mol. The van der Waals surface area contributed by atoms with Crippen molar-refractivity contribution < 1.29 is 9.53 Å². The molecule has 1 amide bonds. The van der Waals surface area contributed by atoms with Crippen LogP contribution in [-0.4, -0.2) is 12.5 Å². The van der Waals surface area contributed by atoms with Gasteiger partial charge in [0.15, 0.2) is 0 Å². The number of rotatable bonds is 6. The Morgan fingerprint density at radius 1 is 1.20 bits per heavy atom. The molecule has 0 saturated heterocycles. The van der Waals surface area contributed by atoms with Gasteiger partial charge in [0, 0.05) is 0 Å². The summed E-state index contributed by atoms with van der Waals surface area (Å²) in [6.45, 7) is 6.61. The molecule has 0 fully saturated rings. The molecule has 0 aliphatic carbocycles. The molecule has 2 aromatic carbocycles. The zero-order valence-corrected chi connectivity index (χ0v) is 14.7. The summed E-state index contributed by atoms with van der Waals surface area (Å²) in [4.78, 5) is 12.4. The molecule has 1 N–H and O–H groups in total. The number of amides is 1. The highest BCUT2D eigenvalue weighted by molar-refractivity contribution is 6.10. The Bertz CT molecular complexity index is 799. The Labute approximate surface area is 148 Å². The van der Waals surface area contributed by atoms with Gasteiger partial charge in [0.1, 0.15) is 17.4 Å². The van der Waals surface area contributed by atoms with Gasteiger partial charge in [-0.05, 0) is 42.2 Å². The first-order valence-corrected chi connectivity index (χ1v) is 8.30. The Kier molecular flexibility index (Phi) is 6.36. The predicted molar refractivity (Wildman–Crippen MR) is 100 cm³/mol. The number of ether oxygens (including phenoxy) is 1. The van der Waals surface area contributed by atoms with E-state index in [0.29, 0.717) is 24.0 Å². The lowest BCUT2D eigenvalue weighted by molar-refractivity contribution is -0.112. The van der Waals surface area contributed by atoms with Gasteiger partial charge in [-0.3, -0.25) is 4.79 Å². The highest BCUT2D eigenvalue weighted by Gasteiger charge is 2.12. The Balaban J connectivity index is 2.20. The SMILES string of the molecule is CCOc1ccccc1NC(=O)/C(C#N)=C/c1ccc(C(C)C)cc1. The maximum absolute atomic E-state index is 12.4. The molecular formula is C21H22N2O2. The number of carbonyl (C=O) groups is 1. The van der Waals surface area contributed by atoms with E-state index >= 15 is 0 Å². The zero-order chi connectivity index (χ0) is 18.2. The Hall–Kier alpha value is -3.06. The minimum Gasteiger partial charge on any atom is -0.492 e. The molecule has 4 heteroatoms. The summed E-state index contributed by atoms with van der Waals surface area (Å²) < 4.78 is 5.49. The number of anilines is 1. The van der Waals surface area contributed by atoms with Crippen LogP contribution in [0.1, 0.15) is 37.8 Å². The van der Waals surface area contributed by atoms with Crippen LogP contribution in [0.3, 0.4) is 0 Å². The third-order valence-electron chi connectivity index (χ3n) is 3.71. The summed E-state index contributed by atoms with van der Waals surface area (Å²) in [5, 5.41) is 12.1. The van der Waals surface area contributed by atoms with E-state index in [1.165, 1.54) is 5.56 Å². The van der Waals surface area contributed by atoms with Gasteiger partial charge < -0.3 is 10.1 Å². The lowest BCUT2D eigenvalue weighted by Gasteiger charge is -2.11. The summed E-state index contributed by atoms with van der Waals surface area (Å²) in [5.41, 5.74) is 2.62. The van der Waals surface area contributed by atoms with Crippen molar-refractivity contribution in [1.82, 2.24) is 0 Å². The highest BCUT2D eigenvalue weighted by Crippen LogP contribution is 2.24. The van der Waals surface area contributed by atoms with Crippen LogP contribution in [0.15, 0.2) is 54.1 Å². The van der Waals surface area contributed by atoms with Crippen LogP contribution in [0, 0.1) is 11.3 Å². The fraction of sp³-hybridized carbons (Fsp3) is 0.238. The molecule has 0 aliphatic heterocycles. The molecule has 0 aromatic heterocycles. The molecule has 2 rings (SSSR count). The van der Waals surface area contributed by atoms with Crippen LogP contribution in [0.4, 0.5) is 5.69 Å². The molecule has 0 unspecified atom stereocenters. The second-order valence-corrected chi connectivity index (χ2v) is 5.87. The molecule has 4 nitrogen and oxygen atoms in total. The number of benzene rings is 2. The first-order valence-electron chi connectivity index (χ1n) is 8.30. The Morgan fingerprint density at radius 2 is 1.88 bits per heavy atom. The van der Waals surface area contributed by atoms with Gasteiger partial charge in [0.2, 0.25) is 0 Å². The number of nitrogens with one attached hydrogen (secondary N) is 1. The van der Waals surface area contributed by atoms with Crippen LogP contribution in [0.5, 0.6) is 5.75 Å². The molecule has 0 saturated carbocycles. The number of para-hydroxylation sites is 2. The van der Waals surface area contributed by atoms with Crippen molar-refractivity contribution >= 4 is 17.7 Å². The van der Waals surface area contributed by atoms with Crippen molar-refractivity contribution in [2.45, 2.75) is 26.7 Å². The molecule has 0 aliphatic rings.